The Morgan fingerprint density at radius 2 is 1.67 bits per heavy atom. The summed E-state index contributed by atoms with van der Waals surface area (Å²) in [5.74, 6) is 0.448. The van der Waals surface area contributed by atoms with Crippen molar-refractivity contribution < 1.29 is 22.8 Å². The van der Waals surface area contributed by atoms with Gasteiger partial charge < -0.3 is 9.80 Å². The van der Waals surface area contributed by atoms with Crippen LogP contribution in [0.5, 0.6) is 0 Å². The van der Waals surface area contributed by atoms with Crippen molar-refractivity contribution in [2.75, 3.05) is 26.2 Å². The SMILES string of the molecule is O=C(CCC1CCCC1)N1CCN(C(=O)c2ccc(C(F)(F)F)nc2)CC1. The Kier molecular flexibility index (Phi) is 6.01. The van der Waals surface area contributed by atoms with Crippen LogP contribution < -0.4 is 0 Å². The van der Waals surface area contributed by atoms with Gasteiger partial charge >= 0.3 is 6.18 Å². The van der Waals surface area contributed by atoms with E-state index in [-0.39, 0.29) is 17.4 Å². The summed E-state index contributed by atoms with van der Waals surface area (Å²) in [5, 5.41) is 0. The summed E-state index contributed by atoms with van der Waals surface area (Å²) in [6.45, 7) is 1.69. The third-order valence-electron chi connectivity index (χ3n) is 5.46. The molecule has 148 valence electrons. The van der Waals surface area contributed by atoms with E-state index in [9.17, 15) is 22.8 Å². The maximum atomic E-state index is 12.6. The molecule has 0 radical (unpaired) electrons. The highest BCUT2D eigenvalue weighted by atomic mass is 19.4. The lowest BCUT2D eigenvalue weighted by Gasteiger charge is -2.35. The number of halogens is 3. The first-order valence-electron chi connectivity index (χ1n) is 9.45. The predicted octanol–water partition coefficient (Wildman–Crippen LogP) is 3.36. The summed E-state index contributed by atoms with van der Waals surface area (Å²) in [6.07, 6.45) is 2.90. The van der Waals surface area contributed by atoms with Gasteiger partial charge in [-0.3, -0.25) is 14.6 Å². The number of aromatic nitrogens is 1. The van der Waals surface area contributed by atoms with Crippen LogP contribution in [0.1, 0.15) is 54.6 Å². The Balaban J connectivity index is 1.48. The molecule has 2 aliphatic rings. The van der Waals surface area contributed by atoms with Crippen LogP contribution in [0.3, 0.4) is 0 Å². The minimum Gasteiger partial charge on any atom is -0.339 e. The van der Waals surface area contributed by atoms with E-state index in [1.54, 1.807) is 9.80 Å². The maximum Gasteiger partial charge on any atom is 0.433 e. The minimum absolute atomic E-state index is 0.129. The van der Waals surface area contributed by atoms with E-state index < -0.39 is 11.9 Å². The van der Waals surface area contributed by atoms with Gasteiger partial charge in [0.15, 0.2) is 0 Å². The fraction of sp³-hybridized carbons (Fsp3) is 0.632. The fourth-order valence-corrected chi connectivity index (χ4v) is 3.81. The van der Waals surface area contributed by atoms with Crippen LogP contribution >= 0.6 is 0 Å². The zero-order chi connectivity index (χ0) is 19.4. The van der Waals surface area contributed by atoms with E-state index in [4.69, 9.17) is 0 Å². The zero-order valence-corrected chi connectivity index (χ0v) is 15.2. The normalized spacial score (nSPS) is 18.8. The van der Waals surface area contributed by atoms with Gasteiger partial charge in [0.2, 0.25) is 5.91 Å². The number of hydrogen-bond acceptors (Lipinski definition) is 3. The number of pyridine rings is 1. The smallest absolute Gasteiger partial charge is 0.339 e. The van der Waals surface area contributed by atoms with Crippen LogP contribution in [-0.4, -0.2) is 52.8 Å². The standard InChI is InChI=1S/C19H24F3N3O2/c20-19(21,22)16-7-6-15(13-23-16)18(27)25-11-9-24(10-12-25)17(26)8-5-14-3-1-2-4-14/h6-7,13-14H,1-5,8-12H2. The number of alkyl halides is 3. The van der Waals surface area contributed by atoms with E-state index in [1.807, 2.05) is 0 Å². The Hall–Kier alpha value is -2.12. The van der Waals surface area contributed by atoms with E-state index >= 15 is 0 Å². The number of nitrogens with zero attached hydrogens (tertiary/aromatic N) is 3. The highest BCUT2D eigenvalue weighted by Crippen LogP contribution is 2.29. The van der Waals surface area contributed by atoms with Crippen LogP contribution in [0.15, 0.2) is 18.3 Å². The summed E-state index contributed by atoms with van der Waals surface area (Å²) in [5.41, 5.74) is -0.888. The molecule has 3 rings (SSSR count). The second-order valence-corrected chi connectivity index (χ2v) is 7.29. The van der Waals surface area contributed by atoms with E-state index in [0.717, 1.165) is 24.8 Å². The number of rotatable bonds is 4. The molecule has 1 aromatic heterocycles. The molecule has 1 saturated heterocycles. The van der Waals surface area contributed by atoms with Gasteiger partial charge in [-0.25, -0.2) is 0 Å². The summed E-state index contributed by atoms with van der Waals surface area (Å²) in [6, 6.07) is 1.97. The second kappa shape index (κ2) is 8.27. The number of amides is 2. The lowest BCUT2D eigenvalue weighted by Crippen LogP contribution is -2.50. The molecule has 5 nitrogen and oxygen atoms in total. The highest BCUT2D eigenvalue weighted by Gasteiger charge is 2.33. The molecule has 1 aromatic rings. The molecule has 0 bridgehead atoms. The molecule has 2 amide bonds. The lowest BCUT2D eigenvalue weighted by atomic mass is 10.0. The zero-order valence-electron chi connectivity index (χ0n) is 15.2. The Morgan fingerprint density at radius 1 is 1.04 bits per heavy atom. The van der Waals surface area contributed by atoms with Crippen LogP contribution in [-0.2, 0) is 11.0 Å². The molecular weight excluding hydrogens is 359 g/mol. The summed E-state index contributed by atoms with van der Waals surface area (Å²) in [4.78, 5) is 31.5. The third kappa shape index (κ3) is 4.99. The molecule has 1 aliphatic carbocycles. The van der Waals surface area contributed by atoms with Crippen molar-refractivity contribution in [2.24, 2.45) is 5.92 Å². The third-order valence-corrected chi connectivity index (χ3v) is 5.46. The van der Waals surface area contributed by atoms with Crippen molar-refractivity contribution in [3.05, 3.63) is 29.6 Å². The lowest BCUT2D eigenvalue weighted by molar-refractivity contribution is -0.141. The molecular formula is C19H24F3N3O2. The average Bonchev–Trinajstić information content (AvgIpc) is 3.19. The molecule has 1 saturated carbocycles. The first kappa shape index (κ1) is 19.6. The number of hydrogen-bond donors (Lipinski definition) is 0. The number of carbonyl (C=O) groups is 2. The van der Waals surface area contributed by atoms with Crippen LogP contribution in [0, 0.1) is 5.92 Å². The van der Waals surface area contributed by atoms with Gasteiger partial charge in [0.1, 0.15) is 5.69 Å². The molecule has 27 heavy (non-hydrogen) atoms. The van der Waals surface area contributed by atoms with Gasteiger partial charge in [-0.15, -0.1) is 0 Å². The average molecular weight is 383 g/mol. The van der Waals surface area contributed by atoms with E-state index in [2.05, 4.69) is 4.98 Å². The molecule has 0 aromatic carbocycles. The van der Waals surface area contributed by atoms with Gasteiger partial charge in [-0.1, -0.05) is 25.7 Å². The number of piperazine rings is 1. The van der Waals surface area contributed by atoms with Crippen molar-refractivity contribution >= 4 is 11.8 Å². The largest absolute Gasteiger partial charge is 0.433 e. The highest BCUT2D eigenvalue weighted by molar-refractivity contribution is 5.94. The van der Waals surface area contributed by atoms with Gasteiger partial charge in [-0.2, -0.15) is 13.2 Å². The fourth-order valence-electron chi connectivity index (χ4n) is 3.81. The molecule has 0 spiro atoms. The Labute approximate surface area is 156 Å². The van der Waals surface area contributed by atoms with Crippen molar-refractivity contribution in [3.8, 4) is 0 Å². The van der Waals surface area contributed by atoms with Crippen LogP contribution in [0.2, 0.25) is 0 Å². The topological polar surface area (TPSA) is 53.5 Å². The molecule has 0 unspecified atom stereocenters. The van der Waals surface area contributed by atoms with Gasteiger partial charge in [0.25, 0.3) is 5.91 Å². The van der Waals surface area contributed by atoms with Crippen molar-refractivity contribution in [1.29, 1.82) is 0 Å². The molecule has 2 heterocycles. The molecule has 8 heteroatoms. The van der Waals surface area contributed by atoms with E-state index in [1.165, 1.54) is 25.7 Å². The molecule has 0 N–H and O–H groups in total. The van der Waals surface area contributed by atoms with Gasteiger partial charge in [-0.05, 0) is 24.5 Å². The monoisotopic (exact) mass is 383 g/mol. The number of carbonyl (C=O) groups excluding carboxylic acids is 2. The minimum atomic E-state index is -4.52. The van der Waals surface area contributed by atoms with Crippen LogP contribution in [0.25, 0.3) is 0 Å². The maximum absolute atomic E-state index is 12.6. The Morgan fingerprint density at radius 3 is 2.22 bits per heavy atom. The molecule has 1 aliphatic heterocycles. The van der Waals surface area contributed by atoms with Crippen molar-refractivity contribution in [1.82, 2.24) is 14.8 Å². The van der Waals surface area contributed by atoms with Crippen LogP contribution in [0.4, 0.5) is 13.2 Å². The summed E-state index contributed by atoms with van der Waals surface area (Å²) < 4.78 is 37.7. The predicted molar refractivity (Wildman–Crippen MR) is 92.9 cm³/mol. The summed E-state index contributed by atoms with van der Waals surface area (Å²) in [7, 11) is 0. The van der Waals surface area contributed by atoms with Crippen molar-refractivity contribution in [2.45, 2.75) is 44.7 Å². The quantitative estimate of drug-likeness (QED) is 0.801. The summed E-state index contributed by atoms with van der Waals surface area (Å²) >= 11 is 0. The molecule has 0 atom stereocenters. The first-order valence-corrected chi connectivity index (χ1v) is 9.45. The van der Waals surface area contributed by atoms with Gasteiger partial charge in [0.05, 0.1) is 5.56 Å². The second-order valence-electron chi connectivity index (χ2n) is 7.29. The van der Waals surface area contributed by atoms with Gasteiger partial charge in [0, 0.05) is 38.8 Å². The molecule has 2 fully saturated rings. The van der Waals surface area contributed by atoms with Crippen molar-refractivity contribution in [3.63, 3.8) is 0 Å². The van der Waals surface area contributed by atoms with E-state index in [0.29, 0.717) is 38.5 Å². The first-order chi connectivity index (χ1) is 12.8. The Bertz CT molecular complexity index is 662.